The summed E-state index contributed by atoms with van der Waals surface area (Å²) in [4.78, 5) is 11.4. The molecule has 0 aliphatic heterocycles. The van der Waals surface area contributed by atoms with Crippen LogP contribution in [0, 0.1) is 0 Å². The molecule has 0 unspecified atom stereocenters. The third-order valence-electron chi connectivity index (χ3n) is 3.38. The predicted molar refractivity (Wildman–Crippen MR) is 80.5 cm³/mol. The van der Waals surface area contributed by atoms with Gasteiger partial charge in [-0.15, -0.1) is 0 Å². The first kappa shape index (κ1) is 15.2. The third-order valence-corrected chi connectivity index (χ3v) is 8.21. The van der Waals surface area contributed by atoms with Gasteiger partial charge in [-0.05, 0) is 36.3 Å². The van der Waals surface area contributed by atoms with E-state index in [1.54, 1.807) is 12.1 Å². The Morgan fingerprint density at radius 1 is 1.33 bits per heavy atom. The first-order valence-corrected chi connectivity index (χ1v) is 9.53. The van der Waals surface area contributed by atoms with Crippen LogP contribution in [0.25, 0.3) is 0 Å². The van der Waals surface area contributed by atoms with Gasteiger partial charge >= 0.3 is 0 Å². The summed E-state index contributed by atoms with van der Waals surface area (Å²) in [5.74, 6) is 0.113. The van der Waals surface area contributed by atoms with E-state index in [-0.39, 0.29) is 5.04 Å². The van der Waals surface area contributed by atoms with Gasteiger partial charge in [-0.2, -0.15) is 0 Å². The van der Waals surface area contributed by atoms with Gasteiger partial charge in [0, 0.05) is 4.47 Å². The number of rotatable bonds is 3. The first-order valence-electron chi connectivity index (χ1n) is 5.83. The standard InChI is InChI=1S/C13H20BrNO2Si/c1-13(2,3)18(4,5)17-11-7-6-9(14)8-10(11)12(15)16/h6-8H,1-5H3,(H2,15,16). The molecule has 0 aliphatic rings. The molecule has 0 spiro atoms. The van der Waals surface area contributed by atoms with Crippen molar-refractivity contribution in [3.8, 4) is 5.75 Å². The number of nitrogens with two attached hydrogens (primary N) is 1. The van der Waals surface area contributed by atoms with Gasteiger partial charge in [0.05, 0.1) is 5.56 Å². The van der Waals surface area contributed by atoms with Gasteiger partial charge in [-0.25, -0.2) is 0 Å². The van der Waals surface area contributed by atoms with Crippen molar-refractivity contribution < 1.29 is 9.22 Å². The van der Waals surface area contributed by atoms with E-state index in [0.717, 1.165) is 4.47 Å². The molecule has 0 saturated carbocycles. The van der Waals surface area contributed by atoms with E-state index in [9.17, 15) is 4.79 Å². The number of primary amides is 1. The number of carbonyl (C=O) groups is 1. The highest BCUT2D eigenvalue weighted by Crippen LogP contribution is 2.38. The van der Waals surface area contributed by atoms with Crippen molar-refractivity contribution in [2.75, 3.05) is 0 Å². The Morgan fingerprint density at radius 2 is 1.89 bits per heavy atom. The van der Waals surface area contributed by atoms with Crippen LogP contribution in [-0.4, -0.2) is 14.2 Å². The Hall–Kier alpha value is -0.813. The second kappa shape index (κ2) is 5.05. The normalized spacial score (nSPS) is 12.3. The third kappa shape index (κ3) is 3.35. The Balaban J connectivity index is 3.16. The van der Waals surface area contributed by atoms with Crippen molar-refractivity contribution in [1.82, 2.24) is 0 Å². The summed E-state index contributed by atoms with van der Waals surface area (Å²) in [5, 5.41) is 0.0784. The highest BCUT2D eigenvalue weighted by Gasteiger charge is 2.39. The molecule has 1 aromatic rings. The lowest BCUT2D eigenvalue weighted by atomic mass is 10.2. The van der Waals surface area contributed by atoms with Gasteiger partial charge in [0.1, 0.15) is 5.75 Å². The molecular weight excluding hydrogens is 310 g/mol. The summed E-state index contributed by atoms with van der Waals surface area (Å²) in [6, 6.07) is 5.35. The first-order chi connectivity index (χ1) is 8.04. The zero-order valence-electron chi connectivity index (χ0n) is 11.5. The fourth-order valence-corrected chi connectivity index (χ4v) is 2.61. The highest BCUT2D eigenvalue weighted by atomic mass is 79.9. The number of hydrogen-bond acceptors (Lipinski definition) is 2. The van der Waals surface area contributed by atoms with E-state index in [1.165, 1.54) is 0 Å². The molecule has 100 valence electrons. The molecule has 1 aromatic carbocycles. The van der Waals surface area contributed by atoms with E-state index in [1.807, 2.05) is 6.07 Å². The predicted octanol–water partition coefficient (Wildman–Crippen LogP) is 3.93. The molecule has 0 heterocycles. The van der Waals surface area contributed by atoms with Gasteiger partial charge in [-0.3, -0.25) is 4.79 Å². The molecule has 0 aromatic heterocycles. The summed E-state index contributed by atoms with van der Waals surface area (Å²) in [6.07, 6.45) is 0. The molecule has 0 radical (unpaired) electrons. The Labute approximate surface area is 118 Å². The second-order valence-electron chi connectivity index (χ2n) is 5.87. The molecule has 0 atom stereocenters. The van der Waals surface area contributed by atoms with Gasteiger partial charge in [0.25, 0.3) is 14.2 Å². The molecule has 0 saturated heterocycles. The van der Waals surface area contributed by atoms with Crippen molar-refractivity contribution in [1.29, 1.82) is 0 Å². The minimum atomic E-state index is -1.96. The molecule has 2 N–H and O–H groups in total. The number of amides is 1. The Morgan fingerprint density at radius 3 is 2.33 bits per heavy atom. The highest BCUT2D eigenvalue weighted by molar-refractivity contribution is 9.10. The SMILES string of the molecule is CC(C)(C)[Si](C)(C)Oc1ccc(Br)cc1C(N)=O. The number of carbonyl (C=O) groups excluding carboxylic acids is 1. The quantitative estimate of drug-likeness (QED) is 0.854. The minimum absolute atomic E-state index is 0.0784. The summed E-state index contributed by atoms with van der Waals surface area (Å²) in [5.41, 5.74) is 5.81. The van der Waals surface area contributed by atoms with Crippen molar-refractivity contribution in [2.45, 2.75) is 38.9 Å². The van der Waals surface area contributed by atoms with Crippen LogP contribution in [0.4, 0.5) is 0 Å². The molecule has 1 rings (SSSR count). The van der Waals surface area contributed by atoms with Gasteiger partial charge in [-0.1, -0.05) is 36.7 Å². The van der Waals surface area contributed by atoms with Crippen LogP contribution in [0.2, 0.25) is 18.1 Å². The number of hydrogen-bond donors (Lipinski definition) is 1. The van der Waals surface area contributed by atoms with Crippen molar-refractivity contribution >= 4 is 30.2 Å². The molecular formula is C13H20BrNO2Si. The maximum absolute atomic E-state index is 11.4. The molecule has 3 nitrogen and oxygen atoms in total. The Kier molecular flexibility index (Phi) is 4.28. The van der Waals surface area contributed by atoms with Crippen LogP contribution >= 0.6 is 15.9 Å². The van der Waals surface area contributed by atoms with Gasteiger partial charge in [0.2, 0.25) is 0 Å². The van der Waals surface area contributed by atoms with Gasteiger partial charge in [0.15, 0.2) is 0 Å². The zero-order valence-corrected chi connectivity index (χ0v) is 14.1. The lowest BCUT2D eigenvalue weighted by molar-refractivity contribution is 0.0998. The second-order valence-corrected chi connectivity index (χ2v) is 11.5. The molecule has 0 aliphatic carbocycles. The van der Waals surface area contributed by atoms with Crippen LogP contribution in [0.15, 0.2) is 22.7 Å². The van der Waals surface area contributed by atoms with Crippen LogP contribution < -0.4 is 10.2 Å². The van der Waals surface area contributed by atoms with E-state index in [0.29, 0.717) is 11.3 Å². The van der Waals surface area contributed by atoms with E-state index >= 15 is 0 Å². The monoisotopic (exact) mass is 329 g/mol. The van der Waals surface area contributed by atoms with E-state index < -0.39 is 14.2 Å². The molecule has 0 fully saturated rings. The lowest BCUT2D eigenvalue weighted by Gasteiger charge is -2.36. The average Bonchev–Trinajstić information content (AvgIpc) is 2.18. The lowest BCUT2D eigenvalue weighted by Crippen LogP contribution is -2.44. The Bertz CT molecular complexity index is 467. The summed E-state index contributed by atoms with van der Waals surface area (Å²) in [6.45, 7) is 10.7. The fourth-order valence-electron chi connectivity index (χ4n) is 1.21. The zero-order chi connectivity index (χ0) is 14.1. The van der Waals surface area contributed by atoms with Crippen molar-refractivity contribution in [2.24, 2.45) is 5.73 Å². The maximum Gasteiger partial charge on any atom is 0.252 e. The van der Waals surface area contributed by atoms with Crippen LogP contribution in [-0.2, 0) is 0 Å². The van der Waals surface area contributed by atoms with Crippen molar-refractivity contribution in [3.05, 3.63) is 28.2 Å². The molecule has 0 bridgehead atoms. The fraction of sp³-hybridized carbons (Fsp3) is 0.462. The van der Waals surface area contributed by atoms with Crippen LogP contribution in [0.1, 0.15) is 31.1 Å². The van der Waals surface area contributed by atoms with Crippen LogP contribution in [0.5, 0.6) is 5.75 Å². The van der Waals surface area contributed by atoms with Crippen molar-refractivity contribution in [3.63, 3.8) is 0 Å². The minimum Gasteiger partial charge on any atom is -0.543 e. The van der Waals surface area contributed by atoms with Crippen LogP contribution in [0.3, 0.4) is 0 Å². The molecule has 1 amide bonds. The molecule has 18 heavy (non-hydrogen) atoms. The summed E-state index contributed by atoms with van der Waals surface area (Å²) >= 11 is 3.33. The molecule has 5 heteroatoms. The van der Waals surface area contributed by atoms with E-state index in [2.05, 4.69) is 49.8 Å². The largest absolute Gasteiger partial charge is 0.543 e. The average molecular weight is 330 g/mol. The maximum atomic E-state index is 11.4. The topological polar surface area (TPSA) is 52.3 Å². The summed E-state index contributed by atoms with van der Waals surface area (Å²) in [7, 11) is -1.96. The smallest absolute Gasteiger partial charge is 0.252 e. The van der Waals surface area contributed by atoms with Gasteiger partial charge < -0.3 is 10.2 Å². The summed E-state index contributed by atoms with van der Waals surface area (Å²) < 4.78 is 6.95. The number of halogens is 1. The number of benzene rings is 1. The van der Waals surface area contributed by atoms with E-state index in [4.69, 9.17) is 10.2 Å².